The van der Waals surface area contributed by atoms with Crippen molar-refractivity contribution in [1.29, 1.82) is 0 Å². The lowest BCUT2D eigenvalue weighted by Crippen LogP contribution is -2.50. The number of rotatable bonds is 7. The highest BCUT2D eigenvalue weighted by Gasteiger charge is 2.27. The maximum Gasteiger partial charge on any atom is 0.263 e. The maximum atomic E-state index is 12.6. The maximum absolute atomic E-state index is 12.6. The standard InChI is InChI=1S/C22H25ClN2O5/c1-15(30-20-8-4-18(26)5-9-20)22(28)25-12-10-17(11-13-25)24-21(27)14-29-19-6-2-16(23)3-7-19/h2-9,15,17,26H,10-14H2,1H3,(H,24,27). The van der Waals surface area contributed by atoms with Gasteiger partial charge in [0.15, 0.2) is 12.7 Å². The van der Waals surface area contributed by atoms with Gasteiger partial charge in [0.2, 0.25) is 0 Å². The van der Waals surface area contributed by atoms with Gasteiger partial charge in [-0.25, -0.2) is 0 Å². The first-order valence-electron chi connectivity index (χ1n) is 9.83. The molecule has 0 bridgehead atoms. The van der Waals surface area contributed by atoms with Gasteiger partial charge in [-0.15, -0.1) is 0 Å². The molecule has 7 nitrogen and oxygen atoms in total. The SMILES string of the molecule is CC(Oc1ccc(O)cc1)C(=O)N1CCC(NC(=O)COc2ccc(Cl)cc2)CC1. The summed E-state index contributed by atoms with van der Waals surface area (Å²) < 4.78 is 11.1. The van der Waals surface area contributed by atoms with Crippen LogP contribution in [0.1, 0.15) is 19.8 Å². The monoisotopic (exact) mass is 432 g/mol. The number of phenolic OH excluding ortho intramolecular Hbond substituents is 1. The van der Waals surface area contributed by atoms with Gasteiger partial charge in [0.25, 0.3) is 11.8 Å². The second-order valence-electron chi connectivity index (χ2n) is 7.16. The van der Waals surface area contributed by atoms with Crippen molar-refractivity contribution in [2.45, 2.75) is 31.9 Å². The number of hydrogen-bond donors (Lipinski definition) is 2. The molecule has 2 amide bonds. The first kappa shape index (κ1) is 21.8. The first-order valence-corrected chi connectivity index (χ1v) is 10.2. The van der Waals surface area contributed by atoms with Crippen molar-refractivity contribution >= 4 is 23.4 Å². The van der Waals surface area contributed by atoms with Crippen LogP contribution in [-0.4, -0.2) is 53.7 Å². The van der Waals surface area contributed by atoms with Gasteiger partial charge in [-0.3, -0.25) is 9.59 Å². The van der Waals surface area contributed by atoms with E-state index in [0.29, 0.717) is 42.5 Å². The smallest absolute Gasteiger partial charge is 0.263 e. The highest BCUT2D eigenvalue weighted by molar-refractivity contribution is 6.30. The van der Waals surface area contributed by atoms with Crippen LogP contribution in [0.3, 0.4) is 0 Å². The molecule has 8 heteroatoms. The number of carbonyl (C=O) groups excluding carboxylic acids is 2. The Kier molecular flexibility index (Phi) is 7.41. The second kappa shape index (κ2) is 10.2. The van der Waals surface area contributed by atoms with Crippen LogP contribution in [0.5, 0.6) is 17.2 Å². The van der Waals surface area contributed by atoms with E-state index in [-0.39, 0.29) is 30.2 Å². The number of benzene rings is 2. The molecule has 2 N–H and O–H groups in total. The van der Waals surface area contributed by atoms with Gasteiger partial charge in [0.1, 0.15) is 17.2 Å². The Morgan fingerprint density at radius 2 is 1.70 bits per heavy atom. The molecule has 1 unspecified atom stereocenters. The quantitative estimate of drug-likeness (QED) is 0.702. The van der Waals surface area contributed by atoms with Gasteiger partial charge in [0, 0.05) is 24.2 Å². The number of amides is 2. The number of piperidine rings is 1. The normalized spacial score (nSPS) is 15.3. The molecule has 0 aliphatic carbocycles. The molecule has 1 fully saturated rings. The van der Waals surface area contributed by atoms with E-state index in [1.807, 2.05) is 0 Å². The fraction of sp³-hybridized carbons (Fsp3) is 0.364. The molecule has 2 aromatic rings. The molecule has 0 saturated carbocycles. The zero-order chi connectivity index (χ0) is 21.5. The number of carbonyl (C=O) groups is 2. The molecule has 1 heterocycles. The molecular formula is C22H25ClN2O5. The van der Waals surface area contributed by atoms with E-state index in [1.54, 1.807) is 48.2 Å². The molecule has 30 heavy (non-hydrogen) atoms. The minimum atomic E-state index is -0.631. The second-order valence-corrected chi connectivity index (χ2v) is 7.60. The Balaban J connectivity index is 1.39. The Hall–Kier alpha value is -2.93. The number of halogens is 1. The van der Waals surface area contributed by atoms with Crippen molar-refractivity contribution < 1.29 is 24.2 Å². The topological polar surface area (TPSA) is 88.1 Å². The molecule has 0 radical (unpaired) electrons. The molecule has 0 spiro atoms. The predicted octanol–water partition coefficient (Wildman–Crippen LogP) is 3.00. The third-order valence-corrected chi connectivity index (χ3v) is 5.10. The Morgan fingerprint density at radius 3 is 2.33 bits per heavy atom. The van der Waals surface area contributed by atoms with E-state index in [4.69, 9.17) is 21.1 Å². The fourth-order valence-corrected chi connectivity index (χ4v) is 3.36. The van der Waals surface area contributed by atoms with Crippen LogP contribution in [0.15, 0.2) is 48.5 Å². The van der Waals surface area contributed by atoms with Crippen LogP contribution in [0.4, 0.5) is 0 Å². The molecular weight excluding hydrogens is 408 g/mol. The lowest BCUT2D eigenvalue weighted by molar-refractivity contribution is -0.139. The van der Waals surface area contributed by atoms with Crippen molar-refractivity contribution in [1.82, 2.24) is 10.2 Å². The number of phenols is 1. The van der Waals surface area contributed by atoms with Crippen LogP contribution in [-0.2, 0) is 9.59 Å². The fourth-order valence-electron chi connectivity index (χ4n) is 3.23. The zero-order valence-corrected chi connectivity index (χ0v) is 17.5. The van der Waals surface area contributed by atoms with Crippen molar-refractivity contribution in [2.24, 2.45) is 0 Å². The van der Waals surface area contributed by atoms with E-state index >= 15 is 0 Å². The van der Waals surface area contributed by atoms with Crippen LogP contribution >= 0.6 is 11.6 Å². The number of nitrogens with zero attached hydrogens (tertiary/aromatic N) is 1. The van der Waals surface area contributed by atoms with E-state index in [0.717, 1.165) is 0 Å². The number of nitrogens with one attached hydrogen (secondary N) is 1. The summed E-state index contributed by atoms with van der Waals surface area (Å²) in [4.78, 5) is 26.5. The molecule has 160 valence electrons. The van der Waals surface area contributed by atoms with E-state index in [1.165, 1.54) is 12.1 Å². The highest BCUT2D eigenvalue weighted by Crippen LogP contribution is 2.19. The minimum Gasteiger partial charge on any atom is -0.508 e. The lowest BCUT2D eigenvalue weighted by Gasteiger charge is -2.33. The average Bonchev–Trinajstić information content (AvgIpc) is 2.75. The highest BCUT2D eigenvalue weighted by atomic mass is 35.5. The summed E-state index contributed by atoms with van der Waals surface area (Å²) in [7, 11) is 0. The van der Waals surface area contributed by atoms with Gasteiger partial charge in [-0.1, -0.05) is 11.6 Å². The summed E-state index contributed by atoms with van der Waals surface area (Å²) in [5.41, 5.74) is 0. The summed E-state index contributed by atoms with van der Waals surface area (Å²) >= 11 is 5.82. The third kappa shape index (κ3) is 6.29. The summed E-state index contributed by atoms with van der Waals surface area (Å²) in [6, 6.07) is 13.1. The van der Waals surface area contributed by atoms with Crippen LogP contribution in [0.25, 0.3) is 0 Å². The van der Waals surface area contributed by atoms with Gasteiger partial charge < -0.3 is 24.8 Å². The Labute approximate surface area is 180 Å². The average molecular weight is 433 g/mol. The van der Waals surface area contributed by atoms with Gasteiger partial charge in [0.05, 0.1) is 0 Å². The molecule has 1 aliphatic rings. The van der Waals surface area contributed by atoms with E-state index < -0.39 is 6.10 Å². The minimum absolute atomic E-state index is 0.00342. The first-order chi connectivity index (χ1) is 14.4. The number of ether oxygens (including phenoxy) is 2. The van der Waals surface area contributed by atoms with Crippen LogP contribution < -0.4 is 14.8 Å². The van der Waals surface area contributed by atoms with Crippen molar-refractivity contribution in [3.8, 4) is 17.2 Å². The lowest BCUT2D eigenvalue weighted by atomic mass is 10.0. The molecule has 1 aliphatic heterocycles. The Morgan fingerprint density at radius 1 is 1.10 bits per heavy atom. The van der Waals surface area contributed by atoms with Gasteiger partial charge >= 0.3 is 0 Å². The molecule has 2 aromatic carbocycles. The summed E-state index contributed by atoms with van der Waals surface area (Å²) in [5, 5.41) is 12.9. The zero-order valence-electron chi connectivity index (χ0n) is 16.7. The van der Waals surface area contributed by atoms with E-state index in [2.05, 4.69) is 5.32 Å². The molecule has 3 rings (SSSR count). The molecule has 1 atom stereocenters. The largest absolute Gasteiger partial charge is 0.508 e. The Bertz CT molecular complexity index is 849. The number of likely N-dealkylation sites (tertiary alicyclic amines) is 1. The van der Waals surface area contributed by atoms with Gasteiger partial charge in [-0.2, -0.15) is 0 Å². The van der Waals surface area contributed by atoms with Gasteiger partial charge in [-0.05, 0) is 68.3 Å². The summed E-state index contributed by atoms with van der Waals surface area (Å²) in [6.07, 6.45) is 0.711. The number of aromatic hydroxyl groups is 1. The van der Waals surface area contributed by atoms with Crippen molar-refractivity contribution in [3.05, 3.63) is 53.6 Å². The van der Waals surface area contributed by atoms with Crippen molar-refractivity contribution in [3.63, 3.8) is 0 Å². The predicted molar refractivity (Wildman–Crippen MR) is 113 cm³/mol. The summed E-state index contributed by atoms with van der Waals surface area (Å²) in [5.74, 6) is 0.954. The van der Waals surface area contributed by atoms with Crippen LogP contribution in [0.2, 0.25) is 5.02 Å². The third-order valence-electron chi connectivity index (χ3n) is 4.85. The molecule has 1 saturated heterocycles. The van der Waals surface area contributed by atoms with Crippen LogP contribution in [0, 0.1) is 0 Å². The van der Waals surface area contributed by atoms with Crippen molar-refractivity contribution in [2.75, 3.05) is 19.7 Å². The number of hydrogen-bond acceptors (Lipinski definition) is 5. The van der Waals surface area contributed by atoms with E-state index in [9.17, 15) is 14.7 Å². The molecule has 0 aromatic heterocycles. The summed E-state index contributed by atoms with van der Waals surface area (Å²) in [6.45, 7) is 2.73.